The van der Waals surface area contributed by atoms with Crippen molar-refractivity contribution >= 4 is 5.91 Å². The first kappa shape index (κ1) is 69.4. The lowest BCUT2D eigenvalue weighted by Gasteiger charge is -2.40. The average Bonchev–Trinajstić information content (AvgIpc) is 3.39. The fourth-order valence-corrected chi connectivity index (χ4v) is 10.2. The van der Waals surface area contributed by atoms with E-state index in [1.54, 1.807) is 6.08 Å². The van der Waals surface area contributed by atoms with Crippen molar-refractivity contribution in [3.8, 4) is 0 Å². The zero-order valence-corrected chi connectivity index (χ0v) is 47.9. The van der Waals surface area contributed by atoms with Crippen LogP contribution in [0.5, 0.6) is 0 Å². The van der Waals surface area contributed by atoms with Gasteiger partial charge in [-0.3, -0.25) is 4.79 Å². The van der Waals surface area contributed by atoms with Crippen molar-refractivity contribution in [1.29, 1.82) is 0 Å². The molecular formula is C64H121NO8. The van der Waals surface area contributed by atoms with Gasteiger partial charge in [-0.15, -0.1) is 0 Å². The third kappa shape index (κ3) is 43.1. The summed E-state index contributed by atoms with van der Waals surface area (Å²) in [6, 6.07) is -0.803. The van der Waals surface area contributed by atoms with E-state index in [0.29, 0.717) is 6.42 Å². The van der Waals surface area contributed by atoms with Crippen LogP contribution in [0.4, 0.5) is 0 Å². The molecule has 1 fully saturated rings. The van der Waals surface area contributed by atoms with Crippen LogP contribution >= 0.6 is 0 Å². The summed E-state index contributed by atoms with van der Waals surface area (Å²) >= 11 is 0. The van der Waals surface area contributed by atoms with Crippen LogP contribution in [0.25, 0.3) is 0 Å². The van der Waals surface area contributed by atoms with Crippen LogP contribution in [0.2, 0.25) is 0 Å². The monoisotopic (exact) mass is 1030 g/mol. The Morgan fingerprint density at radius 2 is 0.808 bits per heavy atom. The number of carbonyl (C=O) groups is 1. The Hall–Kier alpha value is -1.59. The zero-order chi connectivity index (χ0) is 52.9. The van der Waals surface area contributed by atoms with Gasteiger partial charge in [0.2, 0.25) is 5.91 Å². The molecule has 1 aliphatic heterocycles. The fraction of sp³-hybridized carbons (Fsp3) is 0.891. The smallest absolute Gasteiger partial charge is 0.220 e. The maximum atomic E-state index is 13.1. The van der Waals surface area contributed by atoms with Crippen LogP contribution in [0.1, 0.15) is 309 Å². The SMILES string of the molecule is CCCCCCC/C=C\C/C=C\CCCCCCCCCCCCCCCCCCCCCCCC(=O)NC(COC1OC(CO)C(O)C(O)C1O)C(O)/C=C/CCCCCCCCCCCCCCCCC. The summed E-state index contributed by atoms with van der Waals surface area (Å²) in [7, 11) is 0. The summed E-state index contributed by atoms with van der Waals surface area (Å²) in [5, 5.41) is 54.6. The van der Waals surface area contributed by atoms with Gasteiger partial charge in [0.1, 0.15) is 24.4 Å². The zero-order valence-electron chi connectivity index (χ0n) is 47.9. The van der Waals surface area contributed by atoms with E-state index in [0.717, 1.165) is 44.9 Å². The summed E-state index contributed by atoms with van der Waals surface area (Å²) < 4.78 is 11.3. The van der Waals surface area contributed by atoms with Crippen LogP contribution in [-0.2, 0) is 14.3 Å². The number of allylic oxidation sites excluding steroid dienone is 5. The van der Waals surface area contributed by atoms with E-state index in [1.165, 1.54) is 244 Å². The number of hydrogen-bond acceptors (Lipinski definition) is 8. The van der Waals surface area contributed by atoms with E-state index >= 15 is 0 Å². The second-order valence-corrected chi connectivity index (χ2v) is 22.2. The highest BCUT2D eigenvalue weighted by molar-refractivity contribution is 5.76. The van der Waals surface area contributed by atoms with Crippen LogP contribution in [0.15, 0.2) is 36.5 Å². The molecule has 1 rings (SSSR count). The molecule has 430 valence electrons. The lowest BCUT2D eigenvalue weighted by atomic mass is 9.99. The summed E-state index contributed by atoms with van der Waals surface area (Å²) in [5.74, 6) is -0.171. The Kier molecular flexibility index (Phi) is 51.2. The fourth-order valence-electron chi connectivity index (χ4n) is 10.2. The maximum absolute atomic E-state index is 13.1. The molecule has 0 radical (unpaired) electrons. The molecule has 0 aromatic heterocycles. The van der Waals surface area contributed by atoms with Gasteiger partial charge in [-0.25, -0.2) is 0 Å². The van der Waals surface area contributed by atoms with E-state index < -0.39 is 49.5 Å². The van der Waals surface area contributed by atoms with Gasteiger partial charge >= 0.3 is 0 Å². The topological polar surface area (TPSA) is 149 Å². The molecular weight excluding hydrogens is 911 g/mol. The summed E-state index contributed by atoms with van der Waals surface area (Å²) in [6.07, 6.45) is 63.7. The van der Waals surface area contributed by atoms with Crippen molar-refractivity contribution in [1.82, 2.24) is 5.32 Å². The highest BCUT2D eigenvalue weighted by atomic mass is 16.7. The molecule has 0 saturated carbocycles. The largest absolute Gasteiger partial charge is 0.394 e. The van der Waals surface area contributed by atoms with Crippen LogP contribution in [0, 0.1) is 0 Å². The molecule has 0 aromatic rings. The second-order valence-electron chi connectivity index (χ2n) is 22.2. The van der Waals surface area contributed by atoms with E-state index in [9.17, 15) is 30.3 Å². The van der Waals surface area contributed by atoms with Gasteiger partial charge in [0.25, 0.3) is 0 Å². The predicted molar refractivity (Wildman–Crippen MR) is 309 cm³/mol. The molecule has 0 aromatic carbocycles. The molecule has 7 atom stereocenters. The number of aliphatic hydroxyl groups is 5. The Morgan fingerprint density at radius 3 is 1.18 bits per heavy atom. The highest BCUT2D eigenvalue weighted by Crippen LogP contribution is 2.23. The minimum absolute atomic E-state index is 0.171. The first-order valence-electron chi connectivity index (χ1n) is 31.7. The van der Waals surface area contributed by atoms with Crippen molar-refractivity contribution < 1.29 is 39.8 Å². The molecule has 0 bridgehead atoms. The van der Waals surface area contributed by atoms with Crippen molar-refractivity contribution in [2.45, 2.75) is 352 Å². The van der Waals surface area contributed by atoms with E-state index in [-0.39, 0.29) is 12.5 Å². The maximum Gasteiger partial charge on any atom is 0.220 e. The molecule has 9 heteroatoms. The summed E-state index contributed by atoms with van der Waals surface area (Å²) in [5.41, 5.74) is 0. The molecule has 6 N–H and O–H groups in total. The number of ether oxygens (including phenoxy) is 2. The number of nitrogens with one attached hydrogen (secondary N) is 1. The number of amides is 1. The van der Waals surface area contributed by atoms with Crippen molar-refractivity contribution in [2.24, 2.45) is 0 Å². The standard InChI is InChI=1S/C64H121NO8/c1-3-5-7-9-11-13-15-17-19-21-22-23-24-25-26-27-28-29-30-31-32-33-34-35-36-38-40-42-44-46-48-50-52-54-60(68)65-57(56-72-64-63(71)62(70)61(69)59(55-66)73-64)58(67)53-51-49-47-45-43-41-39-37-20-18-16-14-12-10-8-6-4-2/h15,17,21-22,51,53,57-59,61-64,66-67,69-71H,3-14,16,18-20,23-50,52,54-56H2,1-2H3,(H,65,68)/b17-15-,22-21-,53-51+. The Bertz CT molecular complexity index is 1240. The molecule has 9 nitrogen and oxygen atoms in total. The number of unbranched alkanes of at least 4 members (excludes halogenated alkanes) is 41. The quantitative estimate of drug-likeness (QED) is 0.0261. The third-order valence-electron chi connectivity index (χ3n) is 15.2. The number of hydrogen-bond donors (Lipinski definition) is 6. The van der Waals surface area contributed by atoms with E-state index in [1.807, 2.05) is 6.08 Å². The Labute approximate surface area is 451 Å². The summed E-state index contributed by atoms with van der Waals surface area (Å²) in [4.78, 5) is 13.1. The van der Waals surface area contributed by atoms with E-state index in [2.05, 4.69) is 43.5 Å². The van der Waals surface area contributed by atoms with Gasteiger partial charge in [0.15, 0.2) is 6.29 Å². The number of rotatable bonds is 55. The molecule has 0 spiro atoms. The molecule has 1 saturated heterocycles. The minimum Gasteiger partial charge on any atom is -0.394 e. The van der Waals surface area contributed by atoms with Crippen molar-refractivity contribution in [3.63, 3.8) is 0 Å². The first-order chi connectivity index (χ1) is 35.8. The number of carbonyl (C=O) groups excluding carboxylic acids is 1. The summed E-state index contributed by atoms with van der Waals surface area (Å²) in [6.45, 7) is 3.80. The molecule has 73 heavy (non-hydrogen) atoms. The van der Waals surface area contributed by atoms with Gasteiger partial charge in [-0.05, 0) is 51.4 Å². The van der Waals surface area contributed by atoms with Crippen molar-refractivity contribution in [3.05, 3.63) is 36.5 Å². The molecule has 1 heterocycles. The van der Waals surface area contributed by atoms with Gasteiger partial charge in [-0.2, -0.15) is 0 Å². The molecule has 1 amide bonds. The highest BCUT2D eigenvalue weighted by Gasteiger charge is 2.44. The third-order valence-corrected chi connectivity index (χ3v) is 15.2. The first-order valence-corrected chi connectivity index (χ1v) is 31.7. The van der Waals surface area contributed by atoms with Gasteiger partial charge in [0.05, 0.1) is 25.4 Å². The van der Waals surface area contributed by atoms with Crippen LogP contribution in [0.3, 0.4) is 0 Å². The normalized spacial score (nSPS) is 19.2. The molecule has 1 aliphatic rings. The Morgan fingerprint density at radius 1 is 0.466 bits per heavy atom. The van der Waals surface area contributed by atoms with Crippen molar-refractivity contribution in [2.75, 3.05) is 13.2 Å². The van der Waals surface area contributed by atoms with Gasteiger partial charge in [0, 0.05) is 6.42 Å². The second kappa shape index (κ2) is 53.8. The molecule has 7 unspecified atom stereocenters. The Balaban J connectivity index is 2.11. The average molecular weight is 1030 g/mol. The lowest BCUT2D eigenvalue weighted by molar-refractivity contribution is -0.302. The predicted octanol–water partition coefficient (Wildman–Crippen LogP) is 16.3. The minimum atomic E-state index is -1.57. The number of aliphatic hydroxyl groups excluding tert-OH is 5. The van der Waals surface area contributed by atoms with E-state index in [4.69, 9.17) is 9.47 Å². The lowest BCUT2D eigenvalue weighted by Crippen LogP contribution is -2.60. The molecule has 0 aliphatic carbocycles. The van der Waals surface area contributed by atoms with Gasteiger partial charge in [-0.1, -0.05) is 288 Å². The van der Waals surface area contributed by atoms with Crippen LogP contribution in [-0.4, -0.2) is 87.5 Å². The van der Waals surface area contributed by atoms with Gasteiger partial charge < -0.3 is 40.3 Å². The van der Waals surface area contributed by atoms with Crippen LogP contribution < -0.4 is 5.32 Å².